The molecule has 262 valence electrons. The van der Waals surface area contributed by atoms with Crippen molar-refractivity contribution in [3.05, 3.63) is 182 Å². The van der Waals surface area contributed by atoms with Gasteiger partial charge in [0.1, 0.15) is 22.2 Å². The lowest BCUT2D eigenvalue weighted by Crippen LogP contribution is -2.01. The third kappa shape index (κ3) is 5.35. The van der Waals surface area contributed by atoms with Crippen LogP contribution in [-0.2, 0) is 0 Å². The molecule has 0 radical (unpaired) electrons. The van der Waals surface area contributed by atoms with Crippen LogP contribution in [0.3, 0.4) is 0 Å². The quantitative estimate of drug-likeness (QED) is 0.170. The molecule has 0 atom stereocenters. The normalized spacial score (nSPS) is 11.6. The molecule has 0 aliphatic carbocycles. The number of pyridine rings is 1. The molecule has 0 aliphatic rings. The van der Waals surface area contributed by atoms with Crippen LogP contribution < -0.4 is 0 Å². The van der Waals surface area contributed by atoms with E-state index in [0.717, 1.165) is 83.0 Å². The van der Waals surface area contributed by atoms with Crippen LogP contribution in [0.15, 0.2) is 191 Å². The van der Waals surface area contributed by atoms with E-state index in [4.69, 9.17) is 28.8 Å². The van der Waals surface area contributed by atoms with E-state index in [2.05, 4.69) is 84.9 Å². The average molecular weight is 719 g/mol. The molecular formula is C50H30N4O2. The predicted octanol–water partition coefficient (Wildman–Crippen LogP) is 13.1. The Hall–Kier alpha value is -7.70. The van der Waals surface area contributed by atoms with E-state index < -0.39 is 0 Å². The monoisotopic (exact) mass is 718 g/mol. The van der Waals surface area contributed by atoms with Gasteiger partial charge >= 0.3 is 0 Å². The maximum Gasteiger partial charge on any atom is 0.165 e. The number of nitrogens with zero attached hydrogens (tertiary/aromatic N) is 4. The highest BCUT2D eigenvalue weighted by Gasteiger charge is 2.22. The summed E-state index contributed by atoms with van der Waals surface area (Å²) < 4.78 is 13.0. The number of fused-ring (bicyclic) bond motifs is 6. The summed E-state index contributed by atoms with van der Waals surface area (Å²) in [5, 5.41) is 1.96. The summed E-state index contributed by atoms with van der Waals surface area (Å²) in [6.45, 7) is 0. The van der Waals surface area contributed by atoms with E-state index in [-0.39, 0.29) is 0 Å². The first-order valence-corrected chi connectivity index (χ1v) is 18.6. The summed E-state index contributed by atoms with van der Waals surface area (Å²) in [6, 6.07) is 61.7. The molecule has 0 spiro atoms. The Morgan fingerprint density at radius 1 is 0.286 bits per heavy atom. The number of hydrogen-bond donors (Lipinski definition) is 0. The summed E-state index contributed by atoms with van der Waals surface area (Å²) in [5.74, 6) is 1.86. The average Bonchev–Trinajstić information content (AvgIpc) is 3.84. The number of para-hydroxylation sites is 2. The number of aromatic nitrogens is 4. The molecular weight excluding hydrogens is 689 g/mol. The number of furan rings is 2. The summed E-state index contributed by atoms with van der Waals surface area (Å²) in [4.78, 5) is 20.2. The highest BCUT2D eigenvalue weighted by atomic mass is 16.3. The van der Waals surface area contributed by atoms with E-state index in [1.54, 1.807) is 0 Å². The third-order valence-electron chi connectivity index (χ3n) is 10.4. The zero-order valence-electron chi connectivity index (χ0n) is 29.9. The van der Waals surface area contributed by atoms with Crippen molar-refractivity contribution in [1.29, 1.82) is 0 Å². The molecule has 0 saturated heterocycles. The van der Waals surface area contributed by atoms with Crippen LogP contribution >= 0.6 is 0 Å². The molecule has 6 nitrogen and oxygen atoms in total. The molecule has 4 aromatic heterocycles. The molecule has 0 unspecified atom stereocenters. The molecule has 0 bridgehead atoms. The van der Waals surface area contributed by atoms with E-state index in [9.17, 15) is 0 Å². The van der Waals surface area contributed by atoms with Crippen molar-refractivity contribution in [1.82, 2.24) is 19.9 Å². The van der Waals surface area contributed by atoms with Crippen LogP contribution in [0.4, 0.5) is 0 Å². The first-order chi connectivity index (χ1) is 27.7. The fraction of sp³-hybridized carbons (Fsp3) is 0. The van der Waals surface area contributed by atoms with Gasteiger partial charge in [0, 0.05) is 27.5 Å². The van der Waals surface area contributed by atoms with E-state index in [1.807, 2.05) is 97.1 Å². The molecule has 0 saturated carbocycles. The largest absolute Gasteiger partial charge is 0.454 e. The summed E-state index contributed by atoms with van der Waals surface area (Å²) in [7, 11) is 0. The lowest BCUT2D eigenvalue weighted by atomic mass is 9.98. The van der Waals surface area contributed by atoms with Crippen LogP contribution in [0.5, 0.6) is 0 Å². The Bertz CT molecular complexity index is 3140. The first-order valence-electron chi connectivity index (χ1n) is 18.6. The van der Waals surface area contributed by atoms with Gasteiger partial charge in [-0.2, -0.15) is 0 Å². The summed E-state index contributed by atoms with van der Waals surface area (Å²) in [5.41, 5.74) is 13.7. The summed E-state index contributed by atoms with van der Waals surface area (Å²) >= 11 is 0. The molecule has 7 aromatic carbocycles. The zero-order chi connectivity index (χ0) is 37.0. The van der Waals surface area contributed by atoms with Gasteiger partial charge in [0.15, 0.2) is 28.6 Å². The Kier molecular flexibility index (Phi) is 7.38. The molecule has 11 rings (SSSR count). The van der Waals surface area contributed by atoms with E-state index in [1.165, 1.54) is 0 Å². The van der Waals surface area contributed by atoms with Gasteiger partial charge in [-0.3, -0.25) is 0 Å². The lowest BCUT2D eigenvalue weighted by molar-refractivity contribution is 0.657. The molecule has 56 heavy (non-hydrogen) atoms. The summed E-state index contributed by atoms with van der Waals surface area (Å²) in [6.07, 6.45) is 0. The topological polar surface area (TPSA) is 77.8 Å². The molecule has 0 amide bonds. The fourth-order valence-corrected chi connectivity index (χ4v) is 7.63. The highest BCUT2D eigenvalue weighted by Crippen LogP contribution is 2.43. The minimum atomic E-state index is 0.612. The third-order valence-corrected chi connectivity index (χ3v) is 10.4. The van der Waals surface area contributed by atoms with Crippen LogP contribution in [0, 0.1) is 0 Å². The number of hydrogen-bond acceptors (Lipinski definition) is 6. The Labute approximate surface area is 321 Å². The van der Waals surface area contributed by atoms with Crippen molar-refractivity contribution >= 4 is 44.1 Å². The maximum absolute atomic E-state index is 6.48. The molecule has 0 N–H and O–H groups in total. The zero-order valence-corrected chi connectivity index (χ0v) is 29.9. The van der Waals surface area contributed by atoms with Crippen molar-refractivity contribution in [2.45, 2.75) is 0 Å². The van der Waals surface area contributed by atoms with Gasteiger partial charge in [-0.1, -0.05) is 158 Å². The van der Waals surface area contributed by atoms with Gasteiger partial charge in [0.05, 0.1) is 5.56 Å². The molecule has 0 fully saturated rings. The van der Waals surface area contributed by atoms with E-state index in [0.29, 0.717) is 28.6 Å². The van der Waals surface area contributed by atoms with Gasteiger partial charge in [-0.25, -0.2) is 19.9 Å². The van der Waals surface area contributed by atoms with Crippen LogP contribution in [0.1, 0.15) is 0 Å². The van der Waals surface area contributed by atoms with Crippen molar-refractivity contribution in [3.63, 3.8) is 0 Å². The van der Waals surface area contributed by atoms with Gasteiger partial charge in [-0.15, -0.1) is 0 Å². The molecule has 11 aromatic rings. The molecule has 0 aliphatic heterocycles. The van der Waals surface area contributed by atoms with Crippen LogP contribution in [0.2, 0.25) is 0 Å². The highest BCUT2D eigenvalue weighted by molar-refractivity contribution is 6.18. The van der Waals surface area contributed by atoms with Crippen molar-refractivity contribution in [2.24, 2.45) is 0 Å². The smallest absolute Gasteiger partial charge is 0.165 e. The number of rotatable bonds is 6. The van der Waals surface area contributed by atoms with Crippen molar-refractivity contribution < 1.29 is 8.83 Å². The fourth-order valence-electron chi connectivity index (χ4n) is 7.63. The Balaban J connectivity index is 0.985. The second-order valence-corrected chi connectivity index (χ2v) is 13.8. The minimum Gasteiger partial charge on any atom is -0.454 e. The van der Waals surface area contributed by atoms with E-state index >= 15 is 0 Å². The van der Waals surface area contributed by atoms with Crippen LogP contribution in [-0.4, -0.2) is 19.9 Å². The Morgan fingerprint density at radius 3 is 1.27 bits per heavy atom. The van der Waals surface area contributed by atoms with Crippen LogP contribution in [0.25, 0.3) is 112 Å². The second kappa shape index (κ2) is 13.0. The van der Waals surface area contributed by atoms with Gasteiger partial charge in [0.2, 0.25) is 0 Å². The predicted molar refractivity (Wildman–Crippen MR) is 225 cm³/mol. The van der Waals surface area contributed by atoms with Crippen molar-refractivity contribution in [2.75, 3.05) is 0 Å². The standard InChI is InChI=1S/C50H30N4O2/c1-3-13-33(14-4-1)37-17-7-8-18-38(37)50-53-48(35-15-5-2-6-16-35)52-49(54-50)36-29-25-32(26-30-36)31-23-27-34(28-24-31)43-46-44(39-19-9-11-21-41(39)55-46)51-45-40-20-10-12-22-42(40)56-47(43)45/h1-30H. The Morgan fingerprint density at radius 2 is 0.696 bits per heavy atom. The molecule has 6 heteroatoms. The number of benzene rings is 7. The van der Waals surface area contributed by atoms with Gasteiger partial charge < -0.3 is 8.83 Å². The minimum absolute atomic E-state index is 0.612. The molecule has 4 heterocycles. The van der Waals surface area contributed by atoms with Crippen molar-refractivity contribution in [3.8, 4) is 67.5 Å². The lowest BCUT2D eigenvalue weighted by Gasteiger charge is -2.12. The van der Waals surface area contributed by atoms with Gasteiger partial charge in [-0.05, 0) is 52.1 Å². The van der Waals surface area contributed by atoms with Gasteiger partial charge in [0.25, 0.3) is 0 Å². The second-order valence-electron chi connectivity index (χ2n) is 13.8. The first kappa shape index (κ1) is 31.8. The maximum atomic E-state index is 6.48. The SMILES string of the molecule is c1ccc(-c2nc(-c3ccc(-c4ccc(-c5c6oc7ccccc7c6nc6c5oc5ccccc56)cc4)cc3)nc(-c3ccccc3-c3ccccc3)n2)cc1.